The van der Waals surface area contributed by atoms with E-state index in [1.54, 1.807) is 0 Å². The summed E-state index contributed by atoms with van der Waals surface area (Å²) in [5, 5.41) is 3.41. The Morgan fingerprint density at radius 2 is 2.13 bits per heavy atom. The van der Waals surface area contributed by atoms with Gasteiger partial charge in [-0.2, -0.15) is 0 Å². The lowest BCUT2D eigenvalue weighted by molar-refractivity contribution is 0.218. The van der Waals surface area contributed by atoms with Crippen LogP contribution in [0.4, 0.5) is 5.95 Å². The summed E-state index contributed by atoms with van der Waals surface area (Å²) in [6.45, 7) is 8.68. The van der Waals surface area contributed by atoms with Crippen LogP contribution < -0.4 is 5.32 Å². The number of aromatic nitrogens is 2. The SMILES string of the molecule is Cc1cn(C2CC(C)C2)c(NC(C)C)n1. The maximum Gasteiger partial charge on any atom is 0.203 e. The molecular weight excluding hydrogens is 186 g/mol. The van der Waals surface area contributed by atoms with E-state index in [4.69, 9.17) is 0 Å². The third-order valence-corrected chi connectivity index (χ3v) is 3.01. The van der Waals surface area contributed by atoms with Gasteiger partial charge in [-0.25, -0.2) is 4.98 Å². The lowest BCUT2D eigenvalue weighted by atomic mass is 9.82. The second-order valence-corrected chi connectivity index (χ2v) is 5.14. The minimum absolute atomic E-state index is 0.447. The molecule has 84 valence electrons. The van der Waals surface area contributed by atoms with Gasteiger partial charge in [-0.3, -0.25) is 0 Å². The Hall–Kier alpha value is -0.990. The van der Waals surface area contributed by atoms with E-state index in [0.29, 0.717) is 12.1 Å². The predicted molar refractivity (Wildman–Crippen MR) is 63.2 cm³/mol. The maximum absolute atomic E-state index is 4.53. The number of nitrogens with one attached hydrogen (secondary N) is 1. The van der Waals surface area contributed by atoms with Crippen LogP contribution in [0.15, 0.2) is 6.20 Å². The summed E-state index contributed by atoms with van der Waals surface area (Å²) in [4.78, 5) is 4.53. The molecule has 0 spiro atoms. The summed E-state index contributed by atoms with van der Waals surface area (Å²) in [6, 6.07) is 1.12. The fraction of sp³-hybridized carbons (Fsp3) is 0.750. The van der Waals surface area contributed by atoms with E-state index in [2.05, 4.69) is 48.8 Å². The van der Waals surface area contributed by atoms with Gasteiger partial charge >= 0.3 is 0 Å². The fourth-order valence-electron chi connectivity index (χ4n) is 2.25. The highest BCUT2D eigenvalue weighted by molar-refractivity contribution is 5.31. The van der Waals surface area contributed by atoms with Crippen molar-refractivity contribution < 1.29 is 0 Å². The molecule has 0 amide bonds. The minimum atomic E-state index is 0.447. The van der Waals surface area contributed by atoms with Crippen LogP contribution in [0.2, 0.25) is 0 Å². The zero-order valence-corrected chi connectivity index (χ0v) is 10.1. The molecule has 1 fully saturated rings. The van der Waals surface area contributed by atoms with Crippen LogP contribution in [0.3, 0.4) is 0 Å². The largest absolute Gasteiger partial charge is 0.353 e. The van der Waals surface area contributed by atoms with Crippen molar-refractivity contribution in [2.45, 2.75) is 52.6 Å². The van der Waals surface area contributed by atoms with E-state index in [1.807, 2.05) is 0 Å². The first-order valence-corrected chi connectivity index (χ1v) is 5.88. The van der Waals surface area contributed by atoms with Crippen molar-refractivity contribution in [3.63, 3.8) is 0 Å². The average molecular weight is 207 g/mol. The zero-order chi connectivity index (χ0) is 11.0. The van der Waals surface area contributed by atoms with Gasteiger partial charge in [0.2, 0.25) is 5.95 Å². The Balaban J connectivity index is 2.14. The molecule has 1 aliphatic rings. The number of aryl methyl sites for hydroxylation is 1. The molecular formula is C12H21N3. The summed E-state index contributed by atoms with van der Waals surface area (Å²) in [5.41, 5.74) is 1.11. The number of nitrogens with zero attached hydrogens (tertiary/aromatic N) is 2. The third-order valence-electron chi connectivity index (χ3n) is 3.01. The zero-order valence-electron chi connectivity index (χ0n) is 10.1. The van der Waals surface area contributed by atoms with E-state index in [9.17, 15) is 0 Å². The molecule has 3 heteroatoms. The molecule has 0 aromatic carbocycles. The van der Waals surface area contributed by atoms with Crippen LogP contribution in [-0.4, -0.2) is 15.6 Å². The summed E-state index contributed by atoms with van der Waals surface area (Å²) in [6.07, 6.45) is 4.76. The second-order valence-electron chi connectivity index (χ2n) is 5.14. The molecule has 3 nitrogen and oxygen atoms in total. The molecule has 15 heavy (non-hydrogen) atoms. The monoisotopic (exact) mass is 207 g/mol. The summed E-state index contributed by atoms with van der Waals surface area (Å²) < 4.78 is 2.31. The highest BCUT2D eigenvalue weighted by Gasteiger charge is 2.28. The van der Waals surface area contributed by atoms with Crippen molar-refractivity contribution in [3.8, 4) is 0 Å². The van der Waals surface area contributed by atoms with Gasteiger partial charge in [0.1, 0.15) is 0 Å². The maximum atomic E-state index is 4.53. The Labute approximate surface area is 91.9 Å². The molecule has 0 saturated heterocycles. The van der Waals surface area contributed by atoms with Crippen molar-refractivity contribution in [3.05, 3.63) is 11.9 Å². The van der Waals surface area contributed by atoms with Crippen LogP contribution in [0, 0.1) is 12.8 Å². The van der Waals surface area contributed by atoms with Gasteiger partial charge in [0.05, 0.1) is 5.69 Å². The fourth-order valence-corrected chi connectivity index (χ4v) is 2.25. The molecule has 1 N–H and O–H groups in total. The van der Waals surface area contributed by atoms with E-state index >= 15 is 0 Å². The lowest BCUT2D eigenvalue weighted by Gasteiger charge is -2.34. The van der Waals surface area contributed by atoms with Crippen LogP contribution in [0.25, 0.3) is 0 Å². The highest BCUT2D eigenvalue weighted by atomic mass is 15.2. The van der Waals surface area contributed by atoms with Gasteiger partial charge in [-0.15, -0.1) is 0 Å². The van der Waals surface area contributed by atoms with Gasteiger partial charge in [-0.1, -0.05) is 6.92 Å². The Bertz CT molecular complexity index is 335. The van der Waals surface area contributed by atoms with Gasteiger partial charge in [0.15, 0.2) is 0 Å². The Morgan fingerprint density at radius 3 is 2.67 bits per heavy atom. The van der Waals surface area contributed by atoms with E-state index in [0.717, 1.165) is 17.6 Å². The average Bonchev–Trinajstić information content (AvgIpc) is 2.40. The Kier molecular flexibility index (Phi) is 2.72. The summed E-state index contributed by atoms with van der Waals surface area (Å²) >= 11 is 0. The van der Waals surface area contributed by atoms with Crippen molar-refractivity contribution in [1.82, 2.24) is 9.55 Å². The first-order chi connectivity index (χ1) is 7.06. The van der Waals surface area contributed by atoms with Crippen LogP contribution in [0.5, 0.6) is 0 Å². The first-order valence-electron chi connectivity index (χ1n) is 5.88. The molecule has 0 radical (unpaired) electrons. The number of rotatable bonds is 3. The highest BCUT2D eigenvalue weighted by Crippen LogP contribution is 2.39. The van der Waals surface area contributed by atoms with E-state index in [1.165, 1.54) is 12.8 Å². The normalized spacial score (nSPS) is 25.4. The lowest BCUT2D eigenvalue weighted by Crippen LogP contribution is -2.26. The molecule has 1 saturated carbocycles. The van der Waals surface area contributed by atoms with E-state index in [-0.39, 0.29) is 0 Å². The van der Waals surface area contributed by atoms with Crippen molar-refractivity contribution >= 4 is 5.95 Å². The number of anilines is 1. The van der Waals surface area contributed by atoms with E-state index < -0.39 is 0 Å². The second kappa shape index (κ2) is 3.87. The predicted octanol–water partition coefficient (Wildman–Crippen LogP) is 2.98. The molecule has 1 heterocycles. The molecule has 1 aromatic rings. The van der Waals surface area contributed by atoms with Crippen LogP contribution in [-0.2, 0) is 0 Å². The smallest absolute Gasteiger partial charge is 0.203 e. The van der Waals surface area contributed by atoms with Crippen LogP contribution >= 0.6 is 0 Å². The molecule has 0 atom stereocenters. The number of imidazole rings is 1. The quantitative estimate of drug-likeness (QED) is 0.825. The van der Waals surface area contributed by atoms with Crippen molar-refractivity contribution in [2.75, 3.05) is 5.32 Å². The summed E-state index contributed by atoms with van der Waals surface area (Å²) in [7, 11) is 0. The van der Waals surface area contributed by atoms with Gasteiger partial charge in [-0.05, 0) is 39.5 Å². The topological polar surface area (TPSA) is 29.9 Å². The molecule has 2 rings (SSSR count). The Morgan fingerprint density at radius 1 is 1.47 bits per heavy atom. The number of hydrogen-bond donors (Lipinski definition) is 1. The standard InChI is InChI=1S/C12H21N3/c1-8(2)13-12-14-10(4)7-15(12)11-5-9(3)6-11/h7-9,11H,5-6H2,1-4H3,(H,13,14). The number of hydrogen-bond acceptors (Lipinski definition) is 2. The van der Waals surface area contributed by atoms with Crippen molar-refractivity contribution in [1.29, 1.82) is 0 Å². The molecule has 0 aliphatic heterocycles. The molecule has 1 aromatic heterocycles. The van der Waals surface area contributed by atoms with Gasteiger partial charge in [0, 0.05) is 18.3 Å². The van der Waals surface area contributed by atoms with Gasteiger partial charge < -0.3 is 9.88 Å². The van der Waals surface area contributed by atoms with Crippen LogP contribution in [0.1, 0.15) is 45.3 Å². The molecule has 1 aliphatic carbocycles. The molecule has 0 bridgehead atoms. The minimum Gasteiger partial charge on any atom is -0.353 e. The first kappa shape index (κ1) is 10.5. The summed E-state index contributed by atoms with van der Waals surface area (Å²) in [5.74, 6) is 1.92. The molecule has 0 unspecified atom stereocenters. The third kappa shape index (κ3) is 2.16. The van der Waals surface area contributed by atoms with Crippen molar-refractivity contribution in [2.24, 2.45) is 5.92 Å². The van der Waals surface area contributed by atoms with Gasteiger partial charge in [0.25, 0.3) is 0 Å².